The molecule has 2 heterocycles. The fourth-order valence-electron chi connectivity index (χ4n) is 3.98. The average molecular weight is 489 g/mol. The van der Waals surface area contributed by atoms with Crippen molar-refractivity contribution in [2.45, 2.75) is 31.6 Å². The van der Waals surface area contributed by atoms with Crippen molar-refractivity contribution in [3.63, 3.8) is 0 Å². The number of sulfonamides is 1. The number of fused-ring (bicyclic) bond motifs is 1. The van der Waals surface area contributed by atoms with Gasteiger partial charge in [0.2, 0.25) is 10.0 Å². The van der Waals surface area contributed by atoms with Gasteiger partial charge in [-0.15, -0.1) is 0 Å². The van der Waals surface area contributed by atoms with Crippen molar-refractivity contribution in [1.29, 1.82) is 0 Å². The standard InChI is InChI=1S/C24H28N2O7S/c1-16-3-4-17(2)20(13-16)25-23(27)15-33-24(28)18-7-9-26(10-8-18)34(29,30)19-5-6-21-22(14-19)32-12-11-31-21/h3-6,13-14,18H,7-12,15H2,1-2H3,(H,25,27). The lowest BCUT2D eigenvalue weighted by Crippen LogP contribution is -2.41. The van der Waals surface area contributed by atoms with Gasteiger partial charge in [0.1, 0.15) is 13.2 Å². The van der Waals surface area contributed by atoms with Crippen LogP contribution >= 0.6 is 0 Å². The van der Waals surface area contributed by atoms with E-state index < -0.39 is 27.8 Å². The molecule has 2 aromatic carbocycles. The van der Waals surface area contributed by atoms with Crippen LogP contribution in [0.4, 0.5) is 5.69 Å². The zero-order valence-electron chi connectivity index (χ0n) is 19.2. The number of amides is 1. The minimum atomic E-state index is -3.73. The van der Waals surface area contributed by atoms with E-state index in [1.807, 2.05) is 32.0 Å². The summed E-state index contributed by atoms with van der Waals surface area (Å²) in [5.74, 6) is -0.438. The van der Waals surface area contributed by atoms with Gasteiger partial charge >= 0.3 is 5.97 Å². The number of carbonyl (C=O) groups is 2. The lowest BCUT2D eigenvalue weighted by molar-refractivity contribution is -0.152. The van der Waals surface area contributed by atoms with Crippen LogP contribution < -0.4 is 14.8 Å². The highest BCUT2D eigenvalue weighted by molar-refractivity contribution is 7.89. The molecule has 10 heteroatoms. The fourth-order valence-corrected chi connectivity index (χ4v) is 5.46. The van der Waals surface area contributed by atoms with E-state index >= 15 is 0 Å². The van der Waals surface area contributed by atoms with Crippen LogP contribution in [0, 0.1) is 19.8 Å². The van der Waals surface area contributed by atoms with E-state index in [0.717, 1.165) is 11.1 Å². The van der Waals surface area contributed by atoms with E-state index in [0.29, 0.717) is 43.2 Å². The number of aryl methyl sites for hydroxylation is 2. The second-order valence-electron chi connectivity index (χ2n) is 8.46. The summed E-state index contributed by atoms with van der Waals surface area (Å²) >= 11 is 0. The number of nitrogens with one attached hydrogen (secondary N) is 1. The maximum Gasteiger partial charge on any atom is 0.309 e. The summed E-state index contributed by atoms with van der Waals surface area (Å²) in [6, 6.07) is 10.3. The summed E-state index contributed by atoms with van der Waals surface area (Å²) in [6.07, 6.45) is 0.641. The highest BCUT2D eigenvalue weighted by atomic mass is 32.2. The van der Waals surface area contributed by atoms with Gasteiger partial charge in [-0.25, -0.2) is 8.42 Å². The van der Waals surface area contributed by atoms with Crippen LogP contribution in [0.3, 0.4) is 0 Å². The van der Waals surface area contributed by atoms with Gasteiger partial charge in [-0.2, -0.15) is 4.31 Å². The Balaban J connectivity index is 1.28. The Hall–Kier alpha value is -3.11. The number of ether oxygens (including phenoxy) is 3. The van der Waals surface area contributed by atoms with E-state index in [2.05, 4.69) is 5.32 Å². The first kappa shape index (κ1) is 24.0. The molecule has 1 fully saturated rings. The Morgan fingerprint density at radius 2 is 1.74 bits per heavy atom. The predicted octanol–water partition coefficient (Wildman–Crippen LogP) is 2.66. The van der Waals surface area contributed by atoms with Crippen molar-refractivity contribution < 1.29 is 32.2 Å². The summed E-state index contributed by atoms with van der Waals surface area (Å²) in [6.45, 7) is 4.59. The van der Waals surface area contributed by atoms with Crippen LogP contribution in [0.25, 0.3) is 0 Å². The van der Waals surface area contributed by atoms with Crippen LogP contribution in [0.5, 0.6) is 11.5 Å². The molecule has 0 aromatic heterocycles. The number of benzene rings is 2. The lowest BCUT2D eigenvalue weighted by Gasteiger charge is -2.30. The van der Waals surface area contributed by atoms with Gasteiger partial charge in [0.05, 0.1) is 10.8 Å². The number of carbonyl (C=O) groups excluding carboxylic acids is 2. The Morgan fingerprint density at radius 3 is 2.47 bits per heavy atom. The van der Waals surface area contributed by atoms with Gasteiger partial charge in [0, 0.05) is 24.8 Å². The topological polar surface area (TPSA) is 111 Å². The van der Waals surface area contributed by atoms with Crippen molar-refractivity contribution in [3.05, 3.63) is 47.5 Å². The van der Waals surface area contributed by atoms with Gasteiger partial charge in [0.25, 0.3) is 5.91 Å². The van der Waals surface area contributed by atoms with E-state index in [9.17, 15) is 18.0 Å². The molecule has 0 aliphatic carbocycles. The SMILES string of the molecule is Cc1ccc(C)c(NC(=O)COC(=O)C2CCN(S(=O)(=O)c3ccc4c(c3)OCCO4)CC2)c1. The summed E-state index contributed by atoms with van der Waals surface area (Å²) in [5.41, 5.74) is 2.60. The molecular formula is C24H28N2O7S. The largest absolute Gasteiger partial charge is 0.486 e. The average Bonchev–Trinajstić information content (AvgIpc) is 2.84. The Morgan fingerprint density at radius 1 is 1.03 bits per heavy atom. The molecule has 0 radical (unpaired) electrons. The molecule has 182 valence electrons. The monoisotopic (exact) mass is 488 g/mol. The molecule has 1 N–H and O–H groups in total. The maximum absolute atomic E-state index is 13.1. The van der Waals surface area contributed by atoms with E-state index in [1.165, 1.54) is 16.4 Å². The number of hydrogen-bond acceptors (Lipinski definition) is 7. The van der Waals surface area contributed by atoms with Crippen LogP contribution in [-0.2, 0) is 24.3 Å². The third kappa shape index (κ3) is 5.34. The Bertz CT molecular complexity index is 1190. The molecule has 1 amide bonds. The predicted molar refractivity (Wildman–Crippen MR) is 124 cm³/mol. The normalized spacial score (nSPS) is 16.6. The van der Waals surface area contributed by atoms with Gasteiger partial charge in [0.15, 0.2) is 18.1 Å². The molecule has 1 saturated heterocycles. The number of rotatable bonds is 6. The molecule has 4 rings (SSSR count). The summed E-state index contributed by atoms with van der Waals surface area (Å²) in [5, 5.41) is 2.75. The fraction of sp³-hybridized carbons (Fsp3) is 0.417. The zero-order chi connectivity index (χ0) is 24.3. The molecular weight excluding hydrogens is 460 g/mol. The second kappa shape index (κ2) is 10.0. The van der Waals surface area contributed by atoms with Crippen LogP contribution in [0.15, 0.2) is 41.3 Å². The third-order valence-corrected chi connectivity index (χ3v) is 7.85. The molecule has 2 aliphatic rings. The number of nitrogens with zero attached hydrogens (tertiary/aromatic N) is 1. The zero-order valence-corrected chi connectivity index (χ0v) is 20.0. The molecule has 0 bridgehead atoms. The molecule has 34 heavy (non-hydrogen) atoms. The van der Waals surface area contributed by atoms with Gasteiger partial charge in [-0.05, 0) is 56.0 Å². The van der Waals surface area contributed by atoms with Crippen LogP contribution in [-0.4, -0.2) is 57.5 Å². The summed E-state index contributed by atoms with van der Waals surface area (Å²) in [4.78, 5) is 24.8. The highest BCUT2D eigenvalue weighted by Gasteiger charge is 2.33. The second-order valence-corrected chi connectivity index (χ2v) is 10.4. The molecule has 0 atom stereocenters. The summed E-state index contributed by atoms with van der Waals surface area (Å²) < 4.78 is 43.6. The highest BCUT2D eigenvalue weighted by Crippen LogP contribution is 2.34. The van der Waals surface area contributed by atoms with Gasteiger partial charge in [-0.3, -0.25) is 9.59 Å². The first-order valence-corrected chi connectivity index (χ1v) is 12.6. The first-order chi connectivity index (χ1) is 16.2. The molecule has 0 saturated carbocycles. The first-order valence-electron chi connectivity index (χ1n) is 11.2. The summed E-state index contributed by atoms with van der Waals surface area (Å²) in [7, 11) is -3.73. The molecule has 0 spiro atoms. The van der Waals surface area contributed by atoms with E-state index in [4.69, 9.17) is 14.2 Å². The minimum absolute atomic E-state index is 0.126. The minimum Gasteiger partial charge on any atom is -0.486 e. The Labute approximate surface area is 199 Å². The number of anilines is 1. The number of piperidine rings is 1. The van der Waals surface area contributed by atoms with Crippen molar-refractivity contribution in [3.8, 4) is 11.5 Å². The lowest BCUT2D eigenvalue weighted by atomic mass is 9.98. The van der Waals surface area contributed by atoms with Gasteiger partial charge < -0.3 is 19.5 Å². The smallest absolute Gasteiger partial charge is 0.309 e. The van der Waals surface area contributed by atoms with Crippen molar-refractivity contribution >= 4 is 27.6 Å². The molecule has 9 nitrogen and oxygen atoms in total. The quantitative estimate of drug-likeness (QED) is 0.622. The Kier molecular flexibility index (Phi) is 7.08. The molecule has 0 unspecified atom stereocenters. The van der Waals surface area contributed by atoms with Crippen LogP contribution in [0.2, 0.25) is 0 Å². The third-order valence-electron chi connectivity index (χ3n) is 5.95. The van der Waals surface area contributed by atoms with E-state index in [-0.39, 0.29) is 24.6 Å². The van der Waals surface area contributed by atoms with Crippen LogP contribution in [0.1, 0.15) is 24.0 Å². The van der Waals surface area contributed by atoms with Crippen molar-refractivity contribution in [2.75, 3.05) is 38.2 Å². The number of esters is 1. The molecule has 2 aliphatic heterocycles. The van der Waals surface area contributed by atoms with E-state index in [1.54, 1.807) is 6.07 Å². The maximum atomic E-state index is 13.1. The van der Waals surface area contributed by atoms with Crippen molar-refractivity contribution in [2.24, 2.45) is 5.92 Å². The number of hydrogen-bond donors (Lipinski definition) is 1. The molecule has 2 aromatic rings. The van der Waals surface area contributed by atoms with Gasteiger partial charge in [-0.1, -0.05) is 12.1 Å². The van der Waals surface area contributed by atoms with Crippen molar-refractivity contribution in [1.82, 2.24) is 4.31 Å².